The van der Waals surface area contributed by atoms with Crippen LogP contribution in [0.4, 0.5) is 0 Å². The van der Waals surface area contributed by atoms with Crippen LogP contribution in [0.15, 0.2) is 10.8 Å². The van der Waals surface area contributed by atoms with Gasteiger partial charge in [-0.15, -0.1) is 0 Å². The molecule has 2 rings (SSSR count). The molecule has 0 aromatic carbocycles. The van der Waals surface area contributed by atoms with Crippen molar-refractivity contribution >= 4 is 11.9 Å². The molecular weight excluding hydrogens is 224 g/mol. The minimum absolute atomic E-state index is 0.195. The number of aryl methyl sites for hydroxylation is 1. The van der Waals surface area contributed by atoms with Gasteiger partial charge in [0.25, 0.3) is 5.91 Å². The lowest BCUT2D eigenvalue weighted by atomic mass is 10.2. The molecule has 1 amide bonds. The minimum Gasteiger partial charge on any atom is -0.467 e. The summed E-state index contributed by atoms with van der Waals surface area (Å²) in [4.78, 5) is 29.0. The normalized spacial score (nSPS) is 19.4. The molecule has 6 heteroatoms. The number of carbonyl (C=O) groups is 2. The molecule has 1 fully saturated rings. The second-order valence-corrected chi connectivity index (χ2v) is 3.95. The minimum atomic E-state index is -0.503. The Morgan fingerprint density at radius 3 is 2.94 bits per heavy atom. The molecule has 1 aromatic heterocycles. The summed E-state index contributed by atoms with van der Waals surface area (Å²) in [6.45, 7) is 2.23. The van der Waals surface area contributed by atoms with E-state index < -0.39 is 6.04 Å². The fourth-order valence-electron chi connectivity index (χ4n) is 2.03. The van der Waals surface area contributed by atoms with Gasteiger partial charge in [0.2, 0.25) is 5.76 Å². The first-order valence-corrected chi connectivity index (χ1v) is 5.44. The van der Waals surface area contributed by atoms with Crippen LogP contribution in [-0.4, -0.2) is 41.5 Å². The van der Waals surface area contributed by atoms with E-state index in [0.29, 0.717) is 18.7 Å². The van der Waals surface area contributed by atoms with Gasteiger partial charge >= 0.3 is 5.97 Å². The average Bonchev–Trinajstić information content (AvgIpc) is 2.95. The molecular formula is C11H14N2O4. The van der Waals surface area contributed by atoms with Gasteiger partial charge in [0, 0.05) is 6.54 Å². The third kappa shape index (κ3) is 2.02. The highest BCUT2D eigenvalue weighted by molar-refractivity contribution is 5.95. The van der Waals surface area contributed by atoms with E-state index in [0.717, 1.165) is 6.42 Å². The zero-order chi connectivity index (χ0) is 12.4. The maximum atomic E-state index is 12.1. The maximum Gasteiger partial charge on any atom is 0.328 e. The number of aromatic nitrogens is 1. The van der Waals surface area contributed by atoms with Crippen LogP contribution < -0.4 is 0 Å². The number of amides is 1. The third-order valence-corrected chi connectivity index (χ3v) is 2.93. The van der Waals surface area contributed by atoms with Gasteiger partial charge in [-0.25, -0.2) is 9.78 Å². The Hall–Kier alpha value is -1.85. The summed E-state index contributed by atoms with van der Waals surface area (Å²) in [6.07, 6.45) is 2.65. The van der Waals surface area contributed by atoms with E-state index in [1.165, 1.54) is 18.4 Å². The molecule has 1 unspecified atom stereocenters. The molecule has 1 aromatic rings. The van der Waals surface area contributed by atoms with Crippen LogP contribution in [0.2, 0.25) is 0 Å². The summed E-state index contributed by atoms with van der Waals surface area (Å²) >= 11 is 0. The summed E-state index contributed by atoms with van der Waals surface area (Å²) < 4.78 is 9.73. The Morgan fingerprint density at radius 1 is 1.59 bits per heavy atom. The van der Waals surface area contributed by atoms with Crippen molar-refractivity contribution in [1.29, 1.82) is 0 Å². The van der Waals surface area contributed by atoms with Crippen molar-refractivity contribution in [3.05, 3.63) is 17.8 Å². The lowest BCUT2D eigenvalue weighted by Gasteiger charge is -2.21. The standard InChI is InChI=1S/C11H14N2O4/c1-7-9(17-6-12-7)10(14)13-5-3-4-8(13)11(15)16-2/h6,8H,3-5H2,1-2H3. The Morgan fingerprint density at radius 2 is 2.35 bits per heavy atom. The number of likely N-dealkylation sites (tertiary alicyclic amines) is 1. The van der Waals surface area contributed by atoms with E-state index >= 15 is 0 Å². The molecule has 92 valence electrons. The van der Waals surface area contributed by atoms with Crippen molar-refractivity contribution in [3.8, 4) is 0 Å². The SMILES string of the molecule is COC(=O)C1CCCN1C(=O)c1ocnc1C. The quantitative estimate of drug-likeness (QED) is 0.711. The summed E-state index contributed by atoms with van der Waals surface area (Å²) in [5, 5.41) is 0. The Balaban J connectivity index is 2.19. The van der Waals surface area contributed by atoms with Crippen LogP contribution in [-0.2, 0) is 9.53 Å². The van der Waals surface area contributed by atoms with E-state index in [9.17, 15) is 9.59 Å². The first-order chi connectivity index (χ1) is 8.15. The Labute approximate surface area is 98.6 Å². The second-order valence-electron chi connectivity index (χ2n) is 3.95. The van der Waals surface area contributed by atoms with Gasteiger partial charge in [0.05, 0.1) is 12.8 Å². The number of oxazole rings is 1. The van der Waals surface area contributed by atoms with E-state index in [4.69, 9.17) is 4.42 Å². The Kier molecular flexibility index (Phi) is 3.12. The lowest BCUT2D eigenvalue weighted by Crippen LogP contribution is -2.41. The zero-order valence-corrected chi connectivity index (χ0v) is 9.80. The highest BCUT2D eigenvalue weighted by Crippen LogP contribution is 2.22. The maximum absolute atomic E-state index is 12.1. The molecule has 0 spiro atoms. The van der Waals surface area contributed by atoms with Crippen molar-refractivity contribution in [1.82, 2.24) is 9.88 Å². The molecule has 17 heavy (non-hydrogen) atoms. The molecule has 0 N–H and O–H groups in total. The van der Waals surface area contributed by atoms with Gasteiger partial charge in [-0.1, -0.05) is 0 Å². The molecule has 1 aliphatic heterocycles. The summed E-state index contributed by atoms with van der Waals surface area (Å²) in [7, 11) is 1.32. The van der Waals surface area contributed by atoms with Crippen molar-refractivity contribution in [2.24, 2.45) is 0 Å². The smallest absolute Gasteiger partial charge is 0.328 e. The average molecular weight is 238 g/mol. The fourth-order valence-corrected chi connectivity index (χ4v) is 2.03. The number of carbonyl (C=O) groups excluding carboxylic acids is 2. The number of nitrogens with zero attached hydrogens (tertiary/aromatic N) is 2. The number of methoxy groups -OCH3 is 1. The lowest BCUT2D eigenvalue weighted by molar-refractivity contribution is -0.145. The molecule has 1 saturated heterocycles. The topological polar surface area (TPSA) is 72.6 Å². The number of ether oxygens (including phenoxy) is 1. The van der Waals surface area contributed by atoms with Gasteiger partial charge in [-0.2, -0.15) is 0 Å². The van der Waals surface area contributed by atoms with Crippen molar-refractivity contribution < 1.29 is 18.7 Å². The van der Waals surface area contributed by atoms with E-state index in [1.54, 1.807) is 6.92 Å². The second kappa shape index (κ2) is 4.57. The number of hydrogen-bond donors (Lipinski definition) is 0. The van der Waals surface area contributed by atoms with Gasteiger partial charge in [0.1, 0.15) is 6.04 Å². The van der Waals surface area contributed by atoms with Gasteiger partial charge in [0.15, 0.2) is 6.39 Å². The Bertz CT molecular complexity index is 440. The molecule has 0 radical (unpaired) electrons. The molecule has 0 bridgehead atoms. The molecule has 6 nitrogen and oxygen atoms in total. The van der Waals surface area contributed by atoms with Crippen LogP contribution in [0.3, 0.4) is 0 Å². The summed E-state index contributed by atoms with van der Waals surface area (Å²) in [5.74, 6) is -0.485. The molecule has 1 atom stereocenters. The molecule has 0 aliphatic carbocycles. The van der Waals surface area contributed by atoms with Crippen LogP contribution in [0, 0.1) is 6.92 Å². The van der Waals surface area contributed by atoms with Gasteiger partial charge in [-0.3, -0.25) is 4.79 Å². The van der Waals surface area contributed by atoms with E-state index in [2.05, 4.69) is 9.72 Å². The van der Waals surface area contributed by atoms with Gasteiger partial charge in [-0.05, 0) is 19.8 Å². The predicted octanol–water partition coefficient (Wildman–Crippen LogP) is 0.761. The molecule has 0 saturated carbocycles. The largest absolute Gasteiger partial charge is 0.467 e. The van der Waals surface area contributed by atoms with Crippen LogP contribution in [0.1, 0.15) is 29.1 Å². The first-order valence-electron chi connectivity index (χ1n) is 5.44. The predicted molar refractivity (Wildman–Crippen MR) is 57.3 cm³/mol. The van der Waals surface area contributed by atoms with Crippen LogP contribution in [0.5, 0.6) is 0 Å². The van der Waals surface area contributed by atoms with Crippen molar-refractivity contribution in [2.75, 3.05) is 13.7 Å². The number of rotatable bonds is 2. The first kappa shape index (κ1) is 11.6. The van der Waals surface area contributed by atoms with Crippen LogP contribution >= 0.6 is 0 Å². The van der Waals surface area contributed by atoms with Crippen molar-refractivity contribution in [2.45, 2.75) is 25.8 Å². The third-order valence-electron chi connectivity index (χ3n) is 2.93. The number of hydrogen-bond acceptors (Lipinski definition) is 5. The molecule has 1 aliphatic rings. The summed E-state index contributed by atoms with van der Waals surface area (Å²) in [5.41, 5.74) is 0.533. The highest BCUT2D eigenvalue weighted by Gasteiger charge is 2.36. The fraction of sp³-hybridized carbons (Fsp3) is 0.545. The van der Waals surface area contributed by atoms with Gasteiger partial charge < -0.3 is 14.1 Å². The van der Waals surface area contributed by atoms with E-state index in [-0.39, 0.29) is 17.6 Å². The van der Waals surface area contributed by atoms with Crippen LogP contribution in [0.25, 0.3) is 0 Å². The van der Waals surface area contributed by atoms with E-state index in [1.807, 2.05) is 0 Å². The summed E-state index contributed by atoms with van der Waals surface area (Å²) in [6, 6.07) is -0.503. The number of esters is 1. The molecule has 2 heterocycles. The monoisotopic (exact) mass is 238 g/mol. The van der Waals surface area contributed by atoms with Crippen molar-refractivity contribution in [3.63, 3.8) is 0 Å². The highest BCUT2D eigenvalue weighted by atomic mass is 16.5. The zero-order valence-electron chi connectivity index (χ0n) is 9.80.